The van der Waals surface area contributed by atoms with Gasteiger partial charge >= 0.3 is 23.9 Å². The number of carbonyl (C=O) groups is 7. The van der Waals surface area contributed by atoms with E-state index in [0.29, 0.717) is 0 Å². The first-order valence-corrected chi connectivity index (χ1v) is 12.5. The van der Waals surface area contributed by atoms with E-state index in [-0.39, 0.29) is 63.5 Å². The molecule has 0 aromatic heterocycles. The average Bonchev–Trinajstić information content (AvgIpc) is 2.89. The summed E-state index contributed by atoms with van der Waals surface area (Å²) in [6.07, 6.45) is -0.703. The number of ether oxygens (including phenoxy) is 5. The summed E-state index contributed by atoms with van der Waals surface area (Å²) in [7, 11) is 1.33. The minimum atomic E-state index is -1.88. The van der Waals surface area contributed by atoms with Gasteiger partial charge in [-0.2, -0.15) is 0 Å². The molecule has 0 amide bonds. The molecule has 0 radical (unpaired) electrons. The van der Waals surface area contributed by atoms with Crippen molar-refractivity contribution in [2.45, 2.75) is 52.6 Å². The molecule has 2 aromatic rings. The van der Waals surface area contributed by atoms with Crippen LogP contribution in [0, 0.1) is 0 Å². The second-order valence-corrected chi connectivity index (χ2v) is 9.56. The maximum absolute atomic E-state index is 14.0. The van der Waals surface area contributed by atoms with E-state index >= 15 is 0 Å². The molecule has 2 aromatic carbocycles. The van der Waals surface area contributed by atoms with Gasteiger partial charge in [0, 0.05) is 50.8 Å². The molecule has 0 aliphatic heterocycles. The van der Waals surface area contributed by atoms with E-state index in [1.54, 1.807) is 0 Å². The van der Waals surface area contributed by atoms with Gasteiger partial charge < -0.3 is 23.7 Å². The zero-order chi connectivity index (χ0) is 30.2. The van der Waals surface area contributed by atoms with E-state index in [4.69, 9.17) is 23.7 Å². The van der Waals surface area contributed by atoms with Gasteiger partial charge in [0.25, 0.3) is 0 Å². The highest BCUT2D eigenvalue weighted by atomic mass is 16.6. The highest BCUT2D eigenvalue weighted by molar-refractivity contribution is 6.31. The van der Waals surface area contributed by atoms with Crippen LogP contribution >= 0.6 is 0 Å². The Hall–Kier alpha value is -4.87. The molecule has 0 fully saturated rings. The zero-order valence-corrected chi connectivity index (χ0v) is 23.0. The normalized spacial score (nSPS) is 16.9. The van der Waals surface area contributed by atoms with Crippen LogP contribution in [0.1, 0.15) is 77.1 Å². The van der Waals surface area contributed by atoms with E-state index in [1.807, 2.05) is 0 Å². The number of carbonyl (C=O) groups excluding carboxylic acids is 7. The molecular weight excluding hydrogens is 540 g/mol. The van der Waals surface area contributed by atoms with Crippen molar-refractivity contribution in [3.8, 4) is 17.2 Å². The molecule has 12 nitrogen and oxygen atoms in total. The van der Waals surface area contributed by atoms with E-state index < -0.39 is 59.9 Å². The number of methoxy groups -OCH3 is 1. The summed E-state index contributed by atoms with van der Waals surface area (Å²) in [6.45, 7) is 3.67. The first kappa shape index (κ1) is 29.1. The van der Waals surface area contributed by atoms with Gasteiger partial charge in [-0.25, -0.2) is 0 Å². The van der Waals surface area contributed by atoms with E-state index in [1.165, 1.54) is 25.3 Å². The van der Waals surface area contributed by atoms with Gasteiger partial charge in [0.1, 0.15) is 17.2 Å². The van der Waals surface area contributed by atoms with Crippen LogP contribution in [0.25, 0.3) is 0 Å². The molecule has 0 N–H and O–H groups in total. The lowest BCUT2D eigenvalue weighted by Gasteiger charge is -2.38. The summed E-state index contributed by atoms with van der Waals surface area (Å²) in [5.74, 6) is -5.85. The number of rotatable bonds is 7. The third-order valence-corrected chi connectivity index (χ3v) is 6.78. The van der Waals surface area contributed by atoms with Crippen molar-refractivity contribution >= 4 is 41.2 Å². The molecule has 0 heterocycles. The van der Waals surface area contributed by atoms with Crippen molar-refractivity contribution in [3.05, 3.63) is 51.6 Å². The summed E-state index contributed by atoms with van der Waals surface area (Å²) in [4.78, 5) is 89.3. The van der Waals surface area contributed by atoms with Crippen molar-refractivity contribution in [2.75, 3.05) is 13.7 Å². The highest BCUT2D eigenvalue weighted by Gasteiger charge is 2.49. The molecule has 2 aliphatic carbocycles. The number of hydrogen-bond donors (Lipinski definition) is 0. The standard InChI is InChI=1S/C29H26O12/c1-13(30)38-12-21(34)29(41-16(4)33)10-9-17-19(11-29)28(40-15(3)32)23-24(27(17)39-14(2)31)26(36)22-18(25(23)35)7-6-8-20(22)37-5/h6-8H,9-12H2,1-5H3. The van der Waals surface area contributed by atoms with Crippen molar-refractivity contribution in [1.29, 1.82) is 0 Å². The van der Waals surface area contributed by atoms with Crippen LogP contribution < -0.4 is 14.2 Å². The summed E-state index contributed by atoms with van der Waals surface area (Å²) in [5, 5.41) is 0. The molecule has 0 spiro atoms. The average molecular weight is 567 g/mol. The number of Topliss-reactive ketones (excluding diaryl/α,β-unsaturated/α-hetero) is 1. The number of ketones is 3. The smallest absolute Gasteiger partial charge is 0.308 e. The SMILES string of the molecule is COc1cccc2c1C(=O)c1c(OC(C)=O)c3c(c(OC(C)=O)c1C2=O)CC(OC(C)=O)(C(=O)COC(C)=O)CC3. The van der Waals surface area contributed by atoms with Crippen molar-refractivity contribution in [1.82, 2.24) is 0 Å². The zero-order valence-electron chi connectivity index (χ0n) is 23.0. The molecule has 1 atom stereocenters. The Morgan fingerprint density at radius 1 is 0.780 bits per heavy atom. The van der Waals surface area contributed by atoms with Crippen LogP contribution in [-0.4, -0.2) is 60.5 Å². The van der Waals surface area contributed by atoms with E-state index in [9.17, 15) is 33.6 Å². The fraction of sp³-hybridized carbons (Fsp3) is 0.345. The fourth-order valence-corrected chi connectivity index (χ4v) is 5.24. The highest BCUT2D eigenvalue weighted by Crippen LogP contribution is 2.50. The minimum Gasteiger partial charge on any atom is -0.496 e. The Balaban J connectivity index is 2.05. The van der Waals surface area contributed by atoms with Crippen molar-refractivity contribution in [3.63, 3.8) is 0 Å². The molecule has 2 aliphatic rings. The second kappa shape index (κ2) is 11.0. The van der Waals surface area contributed by atoms with Gasteiger partial charge in [0.15, 0.2) is 18.0 Å². The van der Waals surface area contributed by atoms with Crippen LogP contribution in [0.2, 0.25) is 0 Å². The van der Waals surface area contributed by atoms with E-state index in [2.05, 4.69) is 0 Å². The van der Waals surface area contributed by atoms with Gasteiger partial charge in [-0.15, -0.1) is 0 Å². The van der Waals surface area contributed by atoms with Crippen LogP contribution in [-0.2, 0) is 46.3 Å². The van der Waals surface area contributed by atoms with Crippen LogP contribution in [0.4, 0.5) is 0 Å². The predicted octanol–water partition coefficient (Wildman–Crippen LogP) is 2.24. The lowest BCUT2D eigenvalue weighted by atomic mass is 9.72. The first-order chi connectivity index (χ1) is 19.3. The van der Waals surface area contributed by atoms with Crippen molar-refractivity contribution < 1.29 is 57.2 Å². The predicted molar refractivity (Wildman–Crippen MR) is 137 cm³/mol. The summed E-state index contributed by atoms with van der Waals surface area (Å²) < 4.78 is 26.7. The molecule has 0 saturated carbocycles. The third kappa shape index (κ3) is 5.20. The molecule has 0 bridgehead atoms. The Kier molecular flexibility index (Phi) is 7.78. The molecule has 12 heteroatoms. The number of esters is 4. The molecule has 41 heavy (non-hydrogen) atoms. The monoisotopic (exact) mass is 566 g/mol. The van der Waals surface area contributed by atoms with Gasteiger partial charge in [-0.05, 0) is 18.9 Å². The van der Waals surface area contributed by atoms with E-state index in [0.717, 1.165) is 27.7 Å². The molecule has 4 rings (SSSR count). The maximum Gasteiger partial charge on any atom is 0.308 e. The Bertz CT molecular complexity index is 1550. The first-order valence-electron chi connectivity index (χ1n) is 12.5. The molecular formula is C29H26O12. The van der Waals surface area contributed by atoms with Gasteiger partial charge in [0.2, 0.25) is 11.6 Å². The van der Waals surface area contributed by atoms with Crippen LogP contribution in [0.5, 0.6) is 17.2 Å². The second-order valence-electron chi connectivity index (χ2n) is 9.56. The lowest BCUT2D eigenvalue weighted by Crippen LogP contribution is -2.50. The number of hydrogen-bond acceptors (Lipinski definition) is 12. The largest absolute Gasteiger partial charge is 0.496 e. The Labute approximate surface area is 233 Å². The van der Waals surface area contributed by atoms with Gasteiger partial charge in [-0.1, -0.05) is 12.1 Å². The minimum absolute atomic E-state index is 0.0445. The Morgan fingerprint density at radius 3 is 1.95 bits per heavy atom. The fourth-order valence-electron chi connectivity index (χ4n) is 5.24. The maximum atomic E-state index is 14.0. The quantitative estimate of drug-likeness (QED) is 0.303. The van der Waals surface area contributed by atoms with Crippen molar-refractivity contribution in [2.24, 2.45) is 0 Å². The number of fused-ring (bicyclic) bond motifs is 3. The topological polar surface area (TPSA) is 166 Å². The summed E-state index contributed by atoms with van der Waals surface area (Å²) >= 11 is 0. The third-order valence-electron chi connectivity index (χ3n) is 6.78. The van der Waals surface area contributed by atoms with Gasteiger partial charge in [0.05, 0.1) is 23.8 Å². The summed E-state index contributed by atoms with van der Waals surface area (Å²) in [5.41, 5.74) is -2.39. The summed E-state index contributed by atoms with van der Waals surface area (Å²) in [6, 6.07) is 4.40. The lowest BCUT2D eigenvalue weighted by molar-refractivity contribution is -0.170. The van der Waals surface area contributed by atoms with Crippen LogP contribution in [0.3, 0.4) is 0 Å². The molecule has 0 saturated heterocycles. The molecule has 1 unspecified atom stereocenters. The van der Waals surface area contributed by atoms with Crippen LogP contribution in [0.15, 0.2) is 18.2 Å². The van der Waals surface area contributed by atoms with Gasteiger partial charge in [-0.3, -0.25) is 33.6 Å². The Morgan fingerprint density at radius 2 is 1.39 bits per heavy atom. The number of benzene rings is 2. The molecule has 214 valence electrons.